The number of carbonyl (C=O) groups excluding carboxylic acids is 2. The van der Waals surface area contributed by atoms with Crippen molar-refractivity contribution < 1.29 is 23.1 Å². The Labute approximate surface area is 135 Å². The molecule has 23 heavy (non-hydrogen) atoms. The molecule has 0 aliphatic carbocycles. The fourth-order valence-corrected chi connectivity index (χ4v) is 3.17. The maximum absolute atomic E-state index is 13.4. The van der Waals surface area contributed by atoms with E-state index in [0.29, 0.717) is 15.8 Å². The van der Waals surface area contributed by atoms with Crippen LogP contribution >= 0.6 is 11.3 Å². The number of fused-ring (bicyclic) bond motifs is 1. The van der Waals surface area contributed by atoms with Gasteiger partial charge in [-0.2, -0.15) is 0 Å². The molecule has 0 N–H and O–H groups in total. The molecule has 0 spiro atoms. The van der Waals surface area contributed by atoms with Crippen LogP contribution in [0.2, 0.25) is 0 Å². The first-order chi connectivity index (χ1) is 11.1. The van der Waals surface area contributed by atoms with E-state index in [0.717, 1.165) is 11.1 Å². The van der Waals surface area contributed by atoms with Gasteiger partial charge in [-0.3, -0.25) is 9.59 Å². The van der Waals surface area contributed by atoms with Crippen LogP contribution in [0.25, 0.3) is 22.1 Å². The Morgan fingerprint density at radius 3 is 2.87 bits per heavy atom. The third-order valence-electron chi connectivity index (χ3n) is 3.50. The lowest BCUT2D eigenvalue weighted by atomic mass is 10.1. The van der Waals surface area contributed by atoms with Gasteiger partial charge < -0.3 is 9.15 Å². The summed E-state index contributed by atoms with van der Waals surface area (Å²) in [5.74, 6) is -0.873. The molecule has 118 valence electrons. The molecule has 3 rings (SSSR count). The molecule has 0 amide bonds. The van der Waals surface area contributed by atoms with E-state index in [2.05, 4.69) is 4.74 Å². The van der Waals surface area contributed by atoms with Crippen LogP contribution in [0.1, 0.15) is 22.5 Å². The second-order valence-corrected chi connectivity index (χ2v) is 5.90. The zero-order valence-electron chi connectivity index (χ0n) is 12.3. The van der Waals surface area contributed by atoms with Crippen LogP contribution in [0.3, 0.4) is 0 Å². The first-order valence-corrected chi connectivity index (χ1v) is 7.82. The maximum Gasteiger partial charge on any atom is 0.305 e. The van der Waals surface area contributed by atoms with Crippen molar-refractivity contribution in [2.24, 2.45) is 0 Å². The number of carbonyl (C=O) groups is 2. The monoisotopic (exact) mass is 332 g/mol. The quantitative estimate of drug-likeness (QED) is 0.512. The van der Waals surface area contributed by atoms with Crippen molar-refractivity contribution in [3.8, 4) is 11.1 Å². The summed E-state index contributed by atoms with van der Waals surface area (Å²) in [6.45, 7) is 0. The molecule has 2 aromatic heterocycles. The first-order valence-electron chi connectivity index (χ1n) is 6.94. The Morgan fingerprint density at radius 1 is 1.26 bits per heavy atom. The molecule has 0 saturated carbocycles. The van der Waals surface area contributed by atoms with Gasteiger partial charge in [-0.15, -0.1) is 11.3 Å². The van der Waals surface area contributed by atoms with Crippen molar-refractivity contribution in [3.63, 3.8) is 0 Å². The van der Waals surface area contributed by atoms with Crippen LogP contribution in [0.5, 0.6) is 0 Å². The number of Topliss-reactive ketones (excluding diaryl/α,β-unsaturated/α-hetero) is 1. The van der Waals surface area contributed by atoms with Crippen LogP contribution in [0.15, 0.2) is 40.3 Å². The Morgan fingerprint density at radius 2 is 2.09 bits per heavy atom. The highest BCUT2D eigenvalue weighted by Gasteiger charge is 2.15. The van der Waals surface area contributed by atoms with Gasteiger partial charge in [0, 0.05) is 17.4 Å². The first kappa shape index (κ1) is 15.4. The molecule has 0 atom stereocenters. The van der Waals surface area contributed by atoms with E-state index < -0.39 is 5.97 Å². The Kier molecular flexibility index (Phi) is 4.25. The second kappa shape index (κ2) is 6.34. The number of hydrogen-bond donors (Lipinski definition) is 0. The highest BCUT2D eigenvalue weighted by atomic mass is 32.1. The van der Waals surface area contributed by atoms with E-state index in [1.807, 2.05) is 5.38 Å². The maximum atomic E-state index is 13.4. The number of methoxy groups -OCH3 is 1. The number of halogens is 1. The average molecular weight is 332 g/mol. The van der Waals surface area contributed by atoms with Gasteiger partial charge in [-0.25, -0.2) is 4.39 Å². The van der Waals surface area contributed by atoms with E-state index in [4.69, 9.17) is 4.42 Å². The summed E-state index contributed by atoms with van der Waals surface area (Å²) in [4.78, 5) is 23.7. The highest BCUT2D eigenvalue weighted by Crippen LogP contribution is 2.34. The van der Waals surface area contributed by atoms with Gasteiger partial charge in [-0.05, 0) is 35.2 Å². The van der Waals surface area contributed by atoms with E-state index in [1.54, 1.807) is 18.4 Å². The van der Waals surface area contributed by atoms with Crippen molar-refractivity contribution in [1.82, 2.24) is 0 Å². The molecule has 0 saturated heterocycles. The summed E-state index contributed by atoms with van der Waals surface area (Å²) < 4.78 is 23.4. The van der Waals surface area contributed by atoms with Crippen molar-refractivity contribution in [3.05, 3.63) is 46.6 Å². The number of rotatable bonds is 5. The van der Waals surface area contributed by atoms with E-state index in [9.17, 15) is 14.0 Å². The van der Waals surface area contributed by atoms with Crippen molar-refractivity contribution in [2.45, 2.75) is 12.8 Å². The Balaban J connectivity index is 1.84. The molecule has 3 aromatic rings. The largest absolute Gasteiger partial charge is 0.469 e. The number of thiophene rings is 1. The predicted octanol–water partition coefficient (Wildman–Crippen LogP) is 4.44. The minimum atomic E-state index is -0.411. The van der Waals surface area contributed by atoms with Crippen LogP contribution in [0, 0.1) is 5.82 Å². The second-order valence-electron chi connectivity index (χ2n) is 4.99. The standard InChI is InChI=1S/C17H13FO4S/c1-21-17(20)5-3-14(19)16-6-10(9-23-16)13-8-22-15-4-2-11(18)7-12(13)15/h2,4,6-9H,3,5H2,1H3. The predicted molar refractivity (Wildman–Crippen MR) is 85.1 cm³/mol. The lowest BCUT2D eigenvalue weighted by Crippen LogP contribution is -2.04. The fourth-order valence-electron chi connectivity index (χ4n) is 2.29. The lowest BCUT2D eigenvalue weighted by molar-refractivity contribution is -0.140. The fraction of sp³-hybridized carbons (Fsp3) is 0.176. The highest BCUT2D eigenvalue weighted by molar-refractivity contribution is 7.12. The lowest BCUT2D eigenvalue weighted by Gasteiger charge is -1.97. The summed E-state index contributed by atoms with van der Waals surface area (Å²) in [6, 6.07) is 6.05. The molecule has 4 nitrogen and oxygen atoms in total. The van der Waals surface area contributed by atoms with Gasteiger partial charge in [-0.1, -0.05) is 0 Å². The number of esters is 1. The molecule has 6 heteroatoms. The van der Waals surface area contributed by atoms with Gasteiger partial charge in [0.2, 0.25) is 0 Å². The van der Waals surface area contributed by atoms with Crippen LogP contribution in [-0.2, 0) is 9.53 Å². The van der Waals surface area contributed by atoms with Crippen molar-refractivity contribution >= 4 is 34.1 Å². The van der Waals surface area contributed by atoms with Crippen molar-refractivity contribution in [2.75, 3.05) is 7.11 Å². The third kappa shape index (κ3) is 3.17. The van der Waals surface area contributed by atoms with Gasteiger partial charge in [0.25, 0.3) is 0 Å². The summed E-state index contributed by atoms with van der Waals surface area (Å²) in [7, 11) is 1.29. The van der Waals surface area contributed by atoms with Gasteiger partial charge in [0.1, 0.15) is 11.4 Å². The Hall–Kier alpha value is -2.47. The number of benzene rings is 1. The van der Waals surface area contributed by atoms with Gasteiger partial charge >= 0.3 is 5.97 Å². The third-order valence-corrected chi connectivity index (χ3v) is 4.48. The smallest absolute Gasteiger partial charge is 0.305 e. The summed E-state index contributed by atoms with van der Waals surface area (Å²) in [5.41, 5.74) is 2.12. The van der Waals surface area contributed by atoms with E-state index in [1.165, 1.54) is 30.6 Å². The van der Waals surface area contributed by atoms with Crippen molar-refractivity contribution in [1.29, 1.82) is 0 Å². The molecule has 0 aliphatic heterocycles. The number of ketones is 1. The van der Waals surface area contributed by atoms with E-state index >= 15 is 0 Å². The molecular formula is C17H13FO4S. The average Bonchev–Trinajstić information content (AvgIpc) is 3.18. The minimum Gasteiger partial charge on any atom is -0.469 e. The number of hydrogen-bond acceptors (Lipinski definition) is 5. The summed E-state index contributed by atoms with van der Waals surface area (Å²) >= 11 is 1.29. The number of furan rings is 1. The molecular weight excluding hydrogens is 319 g/mol. The summed E-state index contributed by atoms with van der Waals surface area (Å²) in [6.07, 6.45) is 1.71. The molecule has 0 radical (unpaired) electrons. The number of ether oxygens (including phenoxy) is 1. The Bertz CT molecular complexity index is 878. The molecule has 0 unspecified atom stereocenters. The van der Waals surface area contributed by atoms with Crippen LogP contribution in [0.4, 0.5) is 4.39 Å². The molecule has 2 heterocycles. The van der Waals surface area contributed by atoms with Gasteiger partial charge in [0.15, 0.2) is 5.78 Å². The van der Waals surface area contributed by atoms with Crippen LogP contribution in [-0.4, -0.2) is 18.9 Å². The van der Waals surface area contributed by atoms with Gasteiger partial charge in [0.05, 0.1) is 24.7 Å². The molecule has 0 aliphatic rings. The normalized spacial score (nSPS) is 10.9. The molecule has 0 bridgehead atoms. The SMILES string of the molecule is COC(=O)CCC(=O)c1cc(-c2coc3ccc(F)cc23)cs1. The molecule has 1 aromatic carbocycles. The zero-order valence-corrected chi connectivity index (χ0v) is 13.1. The van der Waals surface area contributed by atoms with E-state index in [-0.39, 0.29) is 24.4 Å². The van der Waals surface area contributed by atoms with Crippen LogP contribution < -0.4 is 0 Å². The molecule has 0 fully saturated rings. The zero-order chi connectivity index (χ0) is 16.4. The summed E-state index contributed by atoms with van der Waals surface area (Å²) in [5, 5.41) is 2.48. The topological polar surface area (TPSA) is 56.5 Å². The minimum absolute atomic E-state index is 0.0580.